The van der Waals surface area contributed by atoms with Gasteiger partial charge in [0.05, 0.1) is 13.7 Å². The molecule has 0 radical (unpaired) electrons. The molecule has 0 aliphatic rings. The van der Waals surface area contributed by atoms with Gasteiger partial charge in [0, 0.05) is 17.8 Å². The van der Waals surface area contributed by atoms with Gasteiger partial charge in [-0.1, -0.05) is 0 Å². The van der Waals surface area contributed by atoms with Crippen molar-refractivity contribution in [2.45, 2.75) is 6.92 Å². The normalized spacial score (nSPS) is 9.77. The lowest BCUT2D eigenvalue weighted by Crippen LogP contribution is -2.03. The topological polar surface area (TPSA) is 51.6 Å². The Kier molecular flexibility index (Phi) is 3.52. The highest BCUT2D eigenvalue weighted by Gasteiger charge is 2.01. The zero-order valence-electron chi connectivity index (χ0n) is 7.78. The lowest BCUT2D eigenvalue weighted by atomic mass is 10.3. The number of aromatic nitrogens is 1. The largest absolute Gasteiger partial charge is 0.496 e. The minimum atomic E-state index is -0.0160. The van der Waals surface area contributed by atoms with Gasteiger partial charge in [-0.3, -0.25) is 0 Å². The molecule has 4 heteroatoms. The van der Waals surface area contributed by atoms with Crippen LogP contribution in [0.2, 0.25) is 0 Å². The third-order valence-corrected chi connectivity index (χ3v) is 1.59. The molecular weight excluding hydrogens is 170 g/mol. The molecule has 0 fully saturated rings. The predicted molar refractivity (Wildman–Crippen MR) is 48.1 cm³/mol. The van der Waals surface area contributed by atoms with E-state index >= 15 is 0 Å². The van der Waals surface area contributed by atoms with Crippen LogP contribution in [0.3, 0.4) is 0 Å². The van der Waals surface area contributed by atoms with Gasteiger partial charge in [-0.2, -0.15) is 0 Å². The van der Waals surface area contributed by atoms with Gasteiger partial charge < -0.3 is 14.6 Å². The molecule has 0 aromatic carbocycles. The first-order valence-electron chi connectivity index (χ1n) is 4.02. The Balaban J connectivity index is 2.74. The monoisotopic (exact) mass is 183 g/mol. The molecule has 1 aromatic rings. The van der Waals surface area contributed by atoms with Crippen molar-refractivity contribution in [3.8, 4) is 11.6 Å². The van der Waals surface area contributed by atoms with Crippen molar-refractivity contribution in [2.24, 2.45) is 0 Å². The molecule has 0 amide bonds. The van der Waals surface area contributed by atoms with E-state index in [1.54, 1.807) is 19.4 Å². The fourth-order valence-corrected chi connectivity index (χ4v) is 0.936. The van der Waals surface area contributed by atoms with Gasteiger partial charge in [-0.05, 0) is 6.92 Å². The number of hydrogen-bond donors (Lipinski definition) is 1. The van der Waals surface area contributed by atoms with Crippen LogP contribution in [-0.2, 0) is 0 Å². The Morgan fingerprint density at radius 3 is 2.92 bits per heavy atom. The molecule has 1 aromatic heterocycles. The lowest BCUT2D eigenvalue weighted by Gasteiger charge is -2.07. The zero-order valence-corrected chi connectivity index (χ0v) is 7.78. The highest BCUT2D eigenvalue weighted by Crippen LogP contribution is 2.20. The van der Waals surface area contributed by atoms with Gasteiger partial charge >= 0.3 is 0 Å². The number of methoxy groups -OCH3 is 1. The first-order chi connectivity index (χ1) is 6.27. The number of ether oxygens (including phenoxy) is 2. The van der Waals surface area contributed by atoms with Gasteiger partial charge in [0.15, 0.2) is 0 Å². The molecule has 0 saturated carbocycles. The third-order valence-electron chi connectivity index (χ3n) is 1.59. The second-order valence-electron chi connectivity index (χ2n) is 2.56. The Morgan fingerprint density at radius 2 is 2.31 bits per heavy atom. The number of aryl methyl sites for hydroxylation is 1. The summed E-state index contributed by atoms with van der Waals surface area (Å²) in [4.78, 5) is 4.01. The molecule has 0 bridgehead atoms. The number of pyridine rings is 1. The quantitative estimate of drug-likeness (QED) is 0.749. The van der Waals surface area contributed by atoms with E-state index in [4.69, 9.17) is 14.6 Å². The van der Waals surface area contributed by atoms with Crippen LogP contribution in [0.25, 0.3) is 0 Å². The summed E-state index contributed by atoms with van der Waals surface area (Å²) < 4.78 is 10.2. The van der Waals surface area contributed by atoms with Gasteiger partial charge in [-0.15, -0.1) is 0 Å². The number of hydrogen-bond acceptors (Lipinski definition) is 4. The highest BCUT2D eigenvalue weighted by atomic mass is 16.5. The highest BCUT2D eigenvalue weighted by molar-refractivity contribution is 5.34. The van der Waals surface area contributed by atoms with Crippen molar-refractivity contribution in [1.29, 1.82) is 0 Å². The second kappa shape index (κ2) is 4.67. The van der Waals surface area contributed by atoms with E-state index in [0.717, 1.165) is 11.3 Å². The molecule has 0 saturated heterocycles. The molecule has 1 rings (SSSR count). The van der Waals surface area contributed by atoms with E-state index < -0.39 is 0 Å². The van der Waals surface area contributed by atoms with Gasteiger partial charge in [0.1, 0.15) is 12.4 Å². The van der Waals surface area contributed by atoms with Crippen LogP contribution in [-0.4, -0.2) is 30.4 Å². The summed E-state index contributed by atoms with van der Waals surface area (Å²) in [6.45, 7) is 2.14. The number of rotatable bonds is 4. The molecule has 0 spiro atoms. The number of aliphatic hydroxyl groups excluding tert-OH is 1. The van der Waals surface area contributed by atoms with Crippen LogP contribution in [0.5, 0.6) is 11.6 Å². The zero-order chi connectivity index (χ0) is 9.68. The maximum Gasteiger partial charge on any atom is 0.217 e. The fourth-order valence-electron chi connectivity index (χ4n) is 0.936. The summed E-state index contributed by atoms with van der Waals surface area (Å²) in [6, 6.07) is 1.70. The smallest absolute Gasteiger partial charge is 0.217 e. The van der Waals surface area contributed by atoms with E-state index in [9.17, 15) is 0 Å². The molecule has 72 valence electrons. The summed E-state index contributed by atoms with van der Waals surface area (Å²) >= 11 is 0. The van der Waals surface area contributed by atoms with Crippen molar-refractivity contribution < 1.29 is 14.6 Å². The van der Waals surface area contributed by atoms with Crippen molar-refractivity contribution in [3.63, 3.8) is 0 Å². The standard InChI is InChI=1S/C9H13NO3/c1-7-6-10-9(13-4-3-11)5-8(7)12-2/h5-6,11H,3-4H2,1-2H3. The van der Waals surface area contributed by atoms with E-state index in [1.807, 2.05) is 6.92 Å². The van der Waals surface area contributed by atoms with Crippen LogP contribution in [0.4, 0.5) is 0 Å². The molecule has 13 heavy (non-hydrogen) atoms. The van der Waals surface area contributed by atoms with Gasteiger partial charge in [-0.25, -0.2) is 4.98 Å². The maximum absolute atomic E-state index is 8.52. The van der Waals surface area contributed by atoms with Gasteiger partial charge in [0.25, 0.3) is 0 Å². The molecule has 4 nitrogen and oxygen atoms in total. The molecule has 0 atom stereocenters. The maximum atomic E-state index is 8.52. The van der Waals surface area contributed by atoms with Gasteiger partial charge in [0.2, 0.25) is 5.88 Å². The Bertz CT molecular complexity index is 276. The molecular formula is C9H13NO3. The summed E-state index contributed by atoms with van der Waals surface area (Å²) in [7, 11) is 1.60. The Morgan fingerprint density at radius 1 is 1.54 bits per heavy atom. The molecule has 0 unspecified atom stereocenters. The van der Waals surface area contributed by atoms with E-state index in [2.05, 4.69) is 4.98 Å². The van der Waals surface area contributed by atoms with Crippen molar-refractivity contribution in [1.82, 2.24) is 4.98 Å². The first-order valence-corrected chi connectivity index (χ1v) is 4.02. The minimum Gasteiger partial charge on any atom is -0.496 e. The van der Waals surface area contributed by atoms with Crippen LogP contribution >= 0.6 is 0 Å². The van der Waals surface area contributed by atoms with E-state index in [1.165, 1.54) is 0 Å². The first kappa shape index (κ1) is 9.80. The van der Waals surface area contributed by atoms with Crippen LogP contribution < -0.4 is 9.47 Å². The van der Waals surface area contributed by atoms with E-state index in [0.29, 0.717) is 5.88 Å². The van der Waals surface area contributed by atoms with E-state index in [-0.39, 0.29) is 13.2 Å². The average molecular weight is 183 g/mol. The molecule has 1 heterocycles. The van der Waals surface area contributed by atoms with Crippen molar-refractivity contribution in [3.05, 3.63) is 17.8 Å². The molecule has 1 N–H and O–H groups in total. The predicted octanol–water partition coefficient (Wildman–Crippen LogP) is 0.770. The Hall–Kier alpha value is -1.29. The van der Waals surface area contributed by atoms with Crippen molar-refractivity contribution >= 4 is 0 Å². The molecule has 0 aliphatic heterocycles. The summed E-state index contributed by atoms with van der Waals surface area (Å²) in [5.74, 6) is 1.21. The molecule has 0 aliphatic carbocycles. The minimum absolute atomic E-state index is 0.0160. The Labute approximate surface area is 77.1 Å². The van der Waals surface area contributed by atoms with Crippen LogP contribution in [0.15, 0.2) is 12.3 Å². The number of aliphatic hydroxyl groups is 1. The summed E-state index contributed by atoms with van der Waals surface area (Å²) in [6.07, 6.45) is 1.67. The second-order valence-corrected chi connectivity index (χ2v) is 2.56. The van der Waals surface area contributed by atoms with Crippen molar-refractivity contribution in [2.75, 3.05) is 20.3 Å². The average Bonchev–Trinajstić information content (AvgIpc) is 2.16. The summed E-state index contributed by atoms with van der Waals surface area (Å²) in [5.41, 5.74) is 0.957. The van der Waals surface area contributed by atoms with Crippen LogP contribution in [0.1, 0.15) is 5.56 Å². The lowest BCUT2D eigenvalue weighted by molar-refractivity contribution is 0.196. The third kappa shape index (κ3) is 2.59. The fraction of sp³-hybridized carbons (Fsp3) is 0.444. The van der Waals surface area contributed by atoms with Crippen LogP contribution in [0, 0.1) is 6.92 Å². The number of nitrogens with zero attached hydrogens (tertiary/aromatic N) is 1. The summed E-state index contributed by atoms with van der Waals surface area (Å²) in [5, 5.41) is 8.52. The SMILES string of the molecule is COc1cc(OCCO)ncc1C.